The number of esters is 2. The molecular formula is C62H88O8Se4. The van der Waals surface area contributed by atoms with Crippen LogP contribution in [0.25, 0.3) is 0 Å². The van der Waals surface area contributed by atoms with Crippen molar-refractivity contribution in [3.63, 3.8) is 0 Å². The second kappa shape index (κ2) is 25.3. The van der Waals surface area contributed by atoms with Gasteiger partial charge in [-0.3, -0.25) is 0 Å². The maximum absolute atomic E-state index is 13.3. The summed E-state index contributed by atoms with van der Waals surface area (Å²) in [6.07, 6.45) is 0. The Bertz CT molecular complexity index is 2310. The first kappa shape index (κ1) is 61.9. The molecule has 8 nitrogen and oxygen atoms in total. The minimum absolute atomic E-state index is 0.0716. The van der Waals surface area contributed by atoms with E-state index in [0.717, 1.165) is 87.8 Å². The van der Waals surface area contributed by atoms with Crippen molar-refractivity contribution in [2.24, 2.45) is 0 Å². The molecule has 0 spiro atoms. The normalized spacial score (nSPS) is 14.9. The summed E-state index contributed by atoms with van der Waals surface area (Å²) in [5, 5.41) is 6.80. The van der Waals surface area contributed by atoms with E-state index in [1.165, 1.54) is 44.5 Å². The van der Waals surface area contributed by atoms with E-state index < -0.39 is 11.2 Å². The summed E-state index contributed by atoms with van der Waals surface area (Å²) in [6, 6.07) is 18.8. The molecule has 0 fully saturated rings. The summed E-state index contributed by atoms with van der Waals surface area (Å²) in [5.41, 5.74) is 13.1. The number of carbonyl (C=O) groups is 2. The Morgan fingerprint density at radius 2 is 0.541 bits per heavy atom. The van der Waals surface area contributed by atoms with Crippen molar-refractivity contribution in [3.8, 4) is 23.0 Å². The van der Waals surface area contributed by atoms with Gasteiger partial charge >= 0.3 is 476 Å². The Morgan fingerprint density at radius 1 is 0.351 bits per heavy atom. The summed E-state index contributed by atoms with van der Waals surface area (Å²) < 4.78 is 37.7. The number of hydrogen-bond donors (Lipinski definition) is 0. The van der Waals surface area contributed by atoms with Gasteiger partial charge in [0.05, 0.1) is 0 Å². The van der Waals surface area contributed by atoms with E-state index in [1.54, 1.807) is 0 Å². The molecule has 5 rings (SSSR count). The molecule has 0 saturated heterocycles. The molecule has 8 bridgehead atoms. The predicted octanol–water partition coefficient (Wildman–Crippen LogP) is 12.3. The van der Waals surface area contributed by atoms with Gasteiger partial charge in [-0.05, 0) is 0 Å². The van der Waals surface area contributed by atoms with Crippen LogP contribution in [0.3, 0.4) is 0 Å². The zero-order valence-electron chi connectivity index (χ0n) is 48.6. The summed E-state index contributed by atoms with van der Waals surface area (Å²) in [7, 11) is 3.63. The van der Waals surface area contributed by atoms with E-state index in [1.807, 2.05) is 55.8 Å². The van der Waals surface area contributed by atoms with E-state index in [-0.39, 0.29) is 107 Å². The van der Waals surface area contributed by atoms with Crippen LogP contribution in [0.1, 0.15) is 191 Å². The van der Waals surface area contributed by atoms with E-state index in [0.29, 0.717) is 0 Å². The Labute approximate surface area is 472 Å². The molecule has 0 amide bonds. The Kier molecular flexibility index (Phi) is 21.1. The molecule has 0 unspecified atom stereocenters. The number of ether oxygens (including phenoxy) is 6. The molecule has 0 aromatic heterocycles. The number of carbonyl (C=O) groups excluding carboxylic acids is 2. The molecule has 74 heavy (non-hydrogen) atoms. The average Bonchev–Trinajstić information content (AvgIpc) is 3.25. The molecule has 1 heterocycles. The fourth-order valence-corrected chi connectivity index (χ4v) is 16.7. The van der Waals surface area contributed by atoms with Crippen molar-refractivity contribution in [2.75, 3.05) is 27.4 Å². The third-order valence-corrected chi connectivity index (χ3v) is 21.1. The van der Waals surface area contributed by atoms with Gasteiger partial charge in [0.15, 0.2) is 0 Å². The van der Waals surface area contributed by atoms with Gasteiger partial charge in [-0.2, -0.15) is 0 Å². The molecule has 0 radical (unpaired) electrons. The van der Waals surface area contributed by atoms with Crippen LogP contribution in [0.4, 0.5) is 0 Å². The molecule has 1 aliphatic heterocycles. The zero-order valence-corrected chi connectivity index (χ0v) is 55.4. The van der Waals surface area contributed by atoms with Crippen LogP contribution in [0.5, 0.6) is 23.0 Å². The first-order valence-corrected chi connectivity index (χ1v) is 35.6. The molecular weight excluding hydrogens is 1190 g/mol. The van der Waals surface area contributed by atoms with Gasteiger partial charge in [0.2, 0.25) is 0 Å². The first-order chi connectivity index (χ1) is 34.2. The van der Waals surface area contributed by atoms with E-state index in [2.05, 4.69) is 132 Å². The Balaban J connectivity index is 1.70. The van der Waals surface area contributed by atoms with Gasteiger partial charge in [-0.1, -0.05) is 0 Å². The van der Waals surface area contributed by atoms with Crippen LogP contribution in [0.2, 0.25) is 0 Å². The topological polar surface area (TPSA) is 89.5 Å². The second-order valence-electron chi connectivity index (χ2n) is 25.6. The van der Waals surface area contributed by atoms with Crippen LogP contribution < -0.4 is 18.9 Å². The van der Waals surface area contributed by atoms with E-state index in [9.17, 15) is 9.59 Å². The molecule has 408 valence electrons. The van der Waals surface area contributed by atoms with Crippen molar-refractivity contribution in [1.82, 2.24) is 0 Å². The second-order valence-corrected chi connectivity index (χ2v) is 33.9. The van der Waals surface area contributed by atoms with Crippen molar-refractivity contribution in [1.29, 1.82) is 0 Å². The Hall–Kier alpha value is -2.90. The number of rotatable bonds is 8. The SMILES string of the molecule is COc1c2cc(C(C)(C)C)cc1C[Se]Cc1cc(C(C)(C)C)cc(c1OCC(=O)OC(C)(C)C)C[Se]Cc1cc(C(C)(C)C)cc(c1OC)C[Se]Cc1cc(C(C)(C)C)cc(c1OCC(=O)OC(C)(C)C)C[Se]C2. The van der Waals surface area contributed by atoms with Gasteiger partial charge in [-0.15, -0.1) is 0 Å². The molecule has 0 N–H and O–H groups in total. The molecule has 0 aliphatic carbocycles. The standard InChI is InChI=1S/C62H88O8Se4/c1-57(2,3)47-21-39-31-71-35-43-25-49(59(7,8)9)27-45(55(43)67-29-51(63)69-61(13,14)15)37-73-33-41-23-48(58(4,5)6)24-42(54(41)66-20)34-74-38-46-28-50(60(10,11)12)26-44(36-72-32-40(22-47)53(39)65-19)56(46)68-30-52(64)70-62(16,17)18/h21-28H,29-38H2,1-20H3. The van der Waals surface area contributed by atoms with Gasteiger partial charge in [0.25, 0.3) is 0 Å². The van der Waals surface area contributed by atoms with Gasteiger partial charge < -0.3 is 0 Å². The summed E-state index contributed by atoms with van der Waals surface area (Å²) in [5.74, 6) is 2.87. The van der Waals surface area contributed by atoms with Gasteiger partial charge in [0, 0.05) is 0 Å². The van der Waals surface area contributed by atoms with Crippen LogP contribution in [-0.4, -0.2) is 110 Å². The van der Waals surface area contributed by atoms with Crippen molar-refractivity contribution in [2.45, 2.75) is 200 Å². The Morgan fingerprint density at radius 3 is 0.703 bits per heavy atom. The fraction of sp³-hybridized carbons (Fsp3) is 0.581. The molecule has 12 heteroatoms. The number of hydrogen-bond acceptors (Lipinski definition) is 8. The van der Waals surface area contributed by atoms with Crippen LogP contribution >= 0.6 is 0 Å². The van der Waals surface area contributed by atoms with E-state index >= 15 is 0 Å². The fourth-order valence-electron chi connectivity index (χ4n) is 8.59. The van der Waals surface area contributed by atoms with Crippen molar-refractivity contribution in [3.05, 3.63) is 115 Å². The summed E-state index contributed by atoms with van der Waals surface area (Å²) in [4.78, 5) is 26.6. The quantitative estimate of drug-likeness (QED) is 0.127. The molecule has 4 aromatic rings. The third kappa shape index (κ3) is 18.1. The molecule has 0 atom stereocenters. The van der Waals surface area contributed by atoms with Gasteiger partial charge in [-0.25, -0.2) is 0 Å². The molecule has 1 aliphatic rings. The maximum atomic E-state index is 13.3. The first-order valence-electron chi connectivity index (χ1n) is 25.9. The predicted molar refractivity (Wildman–Crippen MR) is 309 cm³/mol. The molecule has 4 aromatic carbocycles. The monoisotopic (exact) mass is 1280 g/mol. The number of methoxy groups -OCH3 is 2. The summed E-state index contributed by atoms with van der Waals surface area (Å²) >= 11 is 0.467. The van der Waals surface area contributed by atoms with Crippen LogP contribution in [-0.2, 0) is 83.3 Å². The minimum atomic E-state index is -0.618. The van der Waals surface area contributed by atoms with Crippen molar-refractivity contribution < 1.29 is 38.0 Å². The molecule has 0 saturated carbocycles. The van der Waals surface area contributed by atoms with Crippen LogP contribution in [0.15, 0.2) is 48.5 Å². The third-order valence-electron chi connectivity index (χ3n) is 12.4. The number of benzene rings is 4. The van der Waals surface area contributed by atoms with E-state index in [4.69, 9.17) is 28.4 Å². The van der Waals surface area contributed by atoms with Crippen LogP contribution in [0, 0.1) is 0 Å². The van der Waals surface area contributed by atoms with Crippen molar-refractivity contribution >= 4 is 71.8 Å². The zero-order chi connectivity index (χ0) is 55.2. The number of fused-ring (bicyclic) bond motifs is 8. The van der Waals surface area contributed by atoms with Gasteiger partial charge in [0.1, 0.15) is 0 Å². The summed E-state index contributed by atoms with van der Waals surface area (Å²) in [6.45, 7) is 38.5. The average molecular weight is 1280 g/mol.